The number of aliphatic imine (C=N–C) groups is 1. The van der Waals surface area contributed by atoms with Gasteiger partial charge in [-0.25, -0.2) is 9.79 Å². The van der Waals surface area contributed by atoms with Crippen LogP contribution in [0.2, 0.25) is 10.0 Å². The Morgan fingerprint density at radius 1 is 1.04 bits per heavy atom. The Hall–Kier alpha value is -2.36. The van der Waals surface area contributed by atoms with Crippen LogP contribution in [0.1, 0.15) is 11.1 Å². The second-order valence-corrected chi connectivity index (χ2v) is 5.60. The summed E-state index contributed by atoms with van der Waals surface area (Å²) < 4.78 is 5.16. The van der Waals surface area contributed by atoms with Crippen molar-refractivity contribution in [1.82, 2.24) is 0 Å². The molecule has 2 aromatic rings. The molecular weight excluding hydrogens is 333 g/mol. The summed E-state index contributed by atoms with van der Waals surface area (Å²) in [5.41, 5.74) is 1.78. The summed E-state index contributed by atoms with van der Waals surface area (Å²) in [7, 11) is 0. The normalized spacial score (nSPS) is 16.0. The molecule has 0 radical (unpaired) electrons. The topological polar surface area (TPSA) is 38.7 Å². The highest BCUT2D eigenvalue weighted by Gasteiger charge is 2.25. The number of rotatable bonds is 3. The zero-order valence-corrected chi connectivity index (χ0v) is 13.4. The van der Waals surface area contributed by atoms with Crippen LogP contribution in [-0.4, -0.2) is 11.9 Å². The van der Waals surface area contributed by atoms with Gasteiger partial charge in [0.05, 0.1) is 10.6 Å². The van der Waals surface area contributed by atoms with E-state index in [1.54, 1.807) is 30.4 Å². The molecule has 0 bridgehead atoms. The predicted molar refractivity (Wildman–Crippen MR) is 92.6 cm³/mol. The molecule has 0 spiro atoms. The summed E-state index contributed by atoms with van der Waals surface area (Å²) in [6.45, 7) is 0. The zero-order chi connectivity index (χ0) is 16.2. The van der Waals surface area contributed by atoms with E-state index < -0.39 is 5.97 Å². The Kier molecular flexibility index (Phi) is 4.60. The first-order valence-corrected chi connectivity index (χ1v) is 7.59. The number of esters is 1. The third-order valence-electron chi connectivity index (χ3n) is 3.12. The van der Waals surface area contributed by atoms with Crippen molar-refractivity contribution in [2.45, 2.75) is 0 Å². The first kappa shape index (κ1) is 15.5. The van der Waals surface area contributed by atoms with E-state index >= 15 is 0 Å². The average molecular weight is 344 g/mol. The minimum atomic E-state index is -0.510. The van der Waals surface area contributed by atoms with Gasteiger partial charge in [0.15, 0.2) is 5.70 Å². The highest BCUT2D eigenvalue weighted by Crippen LogP contribution is 2.25. The van der Waals surface area contributed by atoms with Crippen molar-refractivity contribution < 1.29 is 9.53 Å². The Labute approximate surface area is 143 Å². The Morgan fingerprint density at radius 2 is 1.83 bits per heavy atom. The average Bonchev–Trinajstić information content (AvgIpc) is 2.89. The number of hydrogen-bond donors (Lipinski definition) is 0. The van der Waals surface area contributed by atoms with E-state index in [1.165, 1.54) is 0 Å². The number of cyclic esters (lactones) is 1. The van der Waals surface area contributed by atoms with Crippen LogP contribution in [0.25, 0.3) is 6.08 Å². The van der Waals surface area contributed by atoms with Gasteiger partial charge in [0.1, 0.15) is 0 Å². The molecule has 3 nitrogen and oxygen atoms in total. The molecule has 5 heteroatoms. The monoisotopic (exact) mass is 343 g/mol. The molecule has 0 amide bonds. The number of halogens is 2. The number of benzene rings is 2. The molecule has 1 aliphatic heterocycles. The fraction of sp³-hybridized carbons (Fsp3) is 0. The van der Waals surface area contributed by atoms with Crippen molar-refractivity contribution in [3.63, 3.8) is 0 Å². The van der Waals surface area contributed by atoms with E-state index in [-0.39, 0.29) is 11.6 Å². The van der Waals surface area contributed by atoms with Crippen LogP contribution in [0.4, 0.5) is 0 Å². The van der Waals surface area contributed by atoms with Crippen LogP contribution in [0.3, 0.4) is 0 Å². The number of allylic oxidation sites excluding steroid dienone is 2. The van der Waals surface area contributed by atoms with E-state index in [2.05, 4.69) is 4.99 Å². The third-order valence-corrected chi connectivity index (χ3v) is 3.67. The SMILES string of the molecule is O=C1OC(c2ccc(Cl)cc2Cl)=N/C1=C\C=C\c1ccccc1. The van der Waals surface area contributed by atoms with E-state index in [0.717, 1.165) is 5.56 Å². The van der Waals surface area contributed by atoms with Gasteiger partial charge in [-0.1, -0.05) is 65.7 Å². The maximum absolute atomic E-state index is 11.9. The lowest BCUT2D eigenvalue weighted by atomic mass is 10.2. The van der Waals surface area contributed by atoms with Crippen LogP contribution >= 0.6 is 23.2 Å². The molecule has 1 heterocycles. The maximum Gasteiger partial charge on any atom is 0.363 e. The highest BCUT2D eigenvalue weighted by molar-refractivity contribution is 6.37. The second kappa shape index (κ2) is 6.82. The molecule has 0 aliphatic carbocycles. The van der Waals surface area contributed by atoms with Crippen LogP contribution in [0.5, 0.6) is 0 Å². The predicted octanol–water partition coefficient (Wildman–Crippen LogP) is 4.89. The summed E-state index contributed by atoms with van der Waals surface area (Å²) in [5, 5.41) is 0.885. The lowest BCUT2D eigenvalue weighted by Gasteiger charge is -2.02. The molecule has 2 aromatic carbocycles. The van der Waals surface area contributed by atoms with Gasteiger partial charge in [-0.15, -0.1) is 0 Å². The van der Waals surface area contributed by atoms with Gasteiger partial charge in [-0.05, 0) is 29.8 Å². The van der Waals surface area contributed by atoms with Crippen LogP contribution in [-0.2, 0) is 9.53 Å². The van der Waals surface area contributed by atoms with E-state index in [4.69, 9.17) is 27.9 Å². The fourth-order valence-corrected chi connectivity index (χ4v) is 2.51. The first-order chi connectivity index (χ1) is 11.1. The van der Waals surface area contributed by atoms with Gasteiger partial charge >= 0.3 is 5.97 Å². The number of carbonyl (C=O) groups is 1. The van der Waals surface area contributed by atoms with Crippen LogP contribution in [0, 0.1) is 0 Å². The summed E-state index contributed by atoms with van der Waals surface area (Å²) in [5.74, 6) is -0.334. The third kappa shape index (κ3) is 3.70. The van der Waals surface area contributed by atoms with E-state index in [1.807, 2.05) is 36.4 Å². The van der Waals surface area contributed by atoms with E-state index in [9.17, 15) is 4.79 Å². The molecule has 0 aromatic heterocycles. The molecule has 0 unspecified atom stereocenters. The molecule has 1 aliphatic rings. The van der Waals surface area contributed by atoms with Crippen molar-refractivity contribution in [2.75, 3.05) is 0 Å². The largest absolute Gasteiger partial charge is 0.402 e. The quantitative estimate of drug-likeness (QED) is 0.587. The van der Waals surface area contributed by atoms with Gasteiger partial charge in [0.25, 0.3) is 0 Å². The van der Waals surface area contributed by atoms with Gasteiger partial charge in [-0.2, -0.15) is 0 Å². The molecule has 114 valence electrons. The minimum absolute atomic E-state index is 0.177. The van der Waals surface area contributed by atoms with Crippen molar-refractivity contribution in [3.05, 3.63) is 87.6 Å². The first-order valence-electron chi connectivity index (χ1n) is 6.83. The Bertz CT molecular complexity index is 839. The van der Waals surface area contributed by atoms with Gasteiger partial charge in [0, 0.05) is 5.02 Å². The number of hydrogen-bond acceptors (Lipinski definition) is 3. The van der Waals surface area contributed by atoms with Gasteiger partial charge < -0.3 is 4.74 Å². The summed E-state index contributed by atoms with van der Waals surface area (Å²) in [6.07, 6.45) is 5.23. The van der Waals surface area contributed by atoms with Crippen molar-refractivity contribution in [2.24, 2.45) is 4.99 Å². The Morgan fingerprint density at radius 3 is 2.57 bits per heavy atom. The molecule has 0 fully saturated rings. The number of ether oxygens (including phenoxy) is 1. The van der Waals surface area contributed by atoms with E-state index in [0.29, 0.717) is 15.6 Å². The Balaban J connectivity index is 1.84. The zero-order valence-electron chi connectivity index (χ0n) is 11.9. The maximum atomic E-state index is 11.9. The summed E-state index contributed by atoms with van der Waals surface area (Å²) in [4.78, 5) is 16.1. The lowest BCUT2D eigenvalue weighted by Crippen LogP contribution is -2.05. The summed E-state index contributed by atoms with van der Waals surface area (Å²) in [6, 6.07) is 14.7. The van der Waals surface area contributed by atoms with Crippen LogP contribution in [0.15, 0.2) is 71.4 Å². The van der Waals surface area contributed by atoms with Crippen molar-refractivity contribution in [1.29, 1.82) is 0 Å². The molecule has 0 N–H and O–H groups in total. The van der Waals surface area contributed by atoms with Crippen LogP contribution < -0.4 is 0 Å². The van der Waals surface area contributed by atoms with Gasteiger partial charge in [0.2, 0.25) is 5.90 Å². The number of carbonyl (C=O) groups excluding carboxylic acids is 1. The standard InChI is InChI=1S/C18H11Cl2NO2/c19-13-9-10-14(15(20)11-13)17-21-16(18(22)23-17)8-4-7-12-5-2-1-3-6-12/h1-11H/b7-4+,16-8-. The van der Waals surface area contributed by atoms with Crippen molar-refractivity contribution >= 4 is 41.1 Å². The molecule has 0 saturated carbocycles. The smallest absolute Gasteiger partial charge is 0.363 e. The minimum Gasteiger partial charge on any atom is -0.402 e. The van der Waals surface area contributed by atoms with Crippen molar-refractivity contribution in [3.8, 4) is 0 Å². The molecule has 23 heavy (non-hydrogen) atoms. The number of nitrogens with zero attached hydrogens (tertiary/aromatic N) is 1. The molecule has 0 atom stereocenters. The van der Waals surface area contributed by atoms with Gasteiger partial charge in [-0.3, -0.25) is 0 Å². The summed E-state index contributed by atoms with van der Waals surface area (Å²) >= 11 is 12.0. The highest BCUT2D eigenvalue weighted by atomic mass is 35.5. The molecule has 3 rings (SSSR count). The lowest BCUT2D eigenvalue weighted by molar-refractivity contribution is -0.130. The molecule has 0 saturated heterocycles. The fourth-order valence-electron chi connectivity index (χ4n) is 2.02. The second-order valence-electron chi connectivity index (χ2n) is 4.75. The molecular formula is C18H11Cl2NO2.